The van der Waals surface area contributed by atoms with Gasteiger partial charge in [-0.2, -0.15) is 11.8 Å². The molecular formula is C12H22N2OS. The molecule has 0 aromatic carbocycles. The van der Waals surface area contributed by atoms with Gasteiger partial charge in [0, 0.05) is 12.6 Å². The summed E-state index contributed by atoms with van der Waals surface area (Å²) in [6.45, 7) is 3.99. The first-order valence-electron chi connectivity index (χ1n) is 5.57. The lowest BCUT2D eigenvalue weighted by Gasteiger charge is -2.19. The molecule has 0 aliphatic rings. The summed E-state index contributed by atoms with van der Waals surface area (Å²) >= 11 is 1.78. The smallest absolute Gasteiger partial charge is 0.118 e. The summed E-state index contributed by atoms with van der Waals surface area (Å²) in [5.41, 5.74) is 0. The normalized spacial score (nSPS) is 13.3. The van der Waals surface area contributed by atoms with Gasteiger partial charge in [-0.25, -0.2) is 0 Å². The van der Waals surface area contributed by atoms with E-state index in [9.17, 15) is 0 Å². The van der Waals surface area contributed by atoms with Gasteiger partial charge in [0.1, 0.15) is 11.5 Å². The van der Waals surface area contributed by atoms with Crippen LogP contribution in [0, 0.1) is 0 Å². The van der Waals surface area contributed by atoms with Crippen molar-refractivity contribution in [2.24, 2.45) is 0 Å². The maximum atomic E-state index is 5.67. The molecule has 0 saturated carbocycles. The van der Waals surface area contributed by atoms with Gasteiger partial charge < -0.3 is 14.6 Å². The van der Waals surface area contributed by atoms with E-state index >= 15 is 0 Å². The number of rotatable bonds is 7. The minimum Gasteiger partial charge on any atom is -0.464 e. The highest BCUT2D eigenvalue weighted by molar-refractivity contribution is 7.97. The summed E-state index contributed by atoms with van der Waals surface area (Å²) in [7, 11) is 4.19. The fourth-order valence-corrected chi connectivity index (χ4v) is 1.76. The number of hydrogen-bond acceptors (Lipinski definition) is 4. The lowest BCUT2D eigenvalue weighted by molar-refractivity contribution is 0.299. The molecule has 1 unspecified atom stereocenters. The Balaban J connectivity index is 2.26. The second kappa shape index (κ2) is 6.99. The maximum Gasteiger partial charge on any atom is 0.118 e. The van der Waals surface area contributed by atoms with Gasteiger partial charge in [0.05, 0.1) is 12.3 Å². The van der Waals surface area contributed by atoms with Gasteiger partial charge in [0.2, 0.25) is 0 Å². The Morgan fingerprint density at radius 3 is 2.69 bits per heavy atom. The van der Waals surface area contributed by atoms with Crippen LogP contribution in [0.2, 0.25) is 0 Å². The van der Waals surface area contributed by atoms with E-state index in [1.54, 1.807) is 11.8 Å². The molecule has 0 bridgehead atoms. The van der Waals surface area contributed by atoms with E-state index in [4.69, 9.17) is 4.42 Å². The molecule has 16 heavy (non-hydrogen) atoms. The third-order valence-electron chi connectivity index (χ3n) is 2.62. The Morgan fingerprint density at radius 2 is 2.06 bits per heavy atom. The average molecular weight is 242 g/mol. The first-order chi connectivity index (χ1) is 7.63. The third-order valence-corrected chi connectivity index (χ3v) is 3.20. The molecule has 0 aliphatic heterocycles. The van der Waals surface area contributed by atoms with Gasteiger partial charge in [-0.1, -0.05) is 0 Å². The van der Waals surface area contributed by atoms with Crippen LogP contribution in [0.3, 0.4) is 0 Å². The van der Waals surface area contributed by atoms with Crippen LogP contribution in [0.4, 0.5) is 0 Å². The third kappa shape index (κ3) is 4.60. The Hall–Kier alpha value is -0.450. The van der Waals surface area contributed by atoms with Gasteiger partial charge in [0.15, 0.2) is 0 Å². The Morgan fingerprint density at radius 1 is 1.38 bits per heavy atom. The van der Waals surface area contributed by atoms with E-state index in [1.165, 1.54) is 0 Å². The van der Waals surface area contributed by atoms with Crippen LogP contribution in [0.5, 0.6) is 0 Å². The van der Waals surface area contributed by atoms with Crippen LogP contribution in [-0.4, -0.2) is 37.8 Å². The Labute approximate surface area is 103 Å². The van der Waals surface area contributed by atoms with Crippen LogP contribution < -0.4 is 5.32 Å². The van der Waals surface area contributed by atoms with E-state index in [0.717, 1.165) is 30.4 Å². The molecule has 1 aromatic heterocycles. The maximum absolute atomic E-state index is 5.67. The van der Waals surface area contributed by atoms with Crippen LogP contribution in [0.25, 0.3) is 0 Å². The molecule has 1 aromatic rings. The van der Waals surface area contributed by atoms with Gasteiger partial charge in [-0.05, 0) is 39.4 Å². The quantitative estimate of drug-likeness (QED) is 0.793. The van der Waals surface area contributed by atoms with E-state index in [-0.39, 0.29) is 0 Å². The first-order valence-corrected chi connectivity index (χ1v) is 6.96. The first kappa shape index (κ1) is 13.6. The minimum absolute atomic E-state index is 0.542. The molecule has 0 spiro atoms. The monoisotopic (exact) mass is 242 g/mol. The second-order valence-electron chi connectivity index (χ2n) is 4.24. The van der Waals surface area contributed by atoms with Crippen molar-refractivity contribution in [2.75, 3.05) is 26.9 Å². The summed E-state index contributed by atoms with van der Waals surface area (Å²) in [6, 6.07) is 4.66. The van der Waals surface area contributed by atoms with Crippen molar-refractivity contribution >= 4 is 11.8 Å². The van der Waals surface area contributed by atoms with Crippen molar-refractivity contribution in [3.05, 3.63) is 23.7 Å². The number of hydrogen-bond donors (Lipinski definition) is 1. The predicted molar refractivity (Wildman–Crippen MR) is 70.8 cm³/mol. The number of furan rings is 1. The molecule has 0 aliphatic carbocycles. The molecule has 1 rings (SSSR count). The molecule has 1 atom stereocenters. The predicted octanol–water partition coefficient (Wildman–Crippen LogP) is 2.18. The second-order valence-corrected chi connectivity index (χ2v) is 5.11. The zero-order chi connectivity index (χ0) is 12.0. The number of likely N-dealkylation sites (N-methyl/N-ethyl adjacent to an activating group) is 1. The SMILES string of the molecule is CSCc1ccc(CNCC(C)N(C)C)o1. The van der Waals surface area contributed by atoms with Crippen LogP contribution >= 0.6 is 11.8 Å². The molecular weight excluding hydrogens is 220 g/mol. The molecule has 1 heterocycles. The molecule has 0 fully saturated rings. The summed E-state index contributed by atoms with van der Waals surface area (Å²) in [4.78, 5) is 2.20. The number of thioether (sulfide) groups is 1. The molecule has 3 nitrogen and oxygen atoms in total. The van der Waals surface area contributed by atoms with E-state index in [0.29, 0.717) is 6.04 Å². The van der Waals surface area contributed by atoms with Crippen molar-refractivity contribution in [1.82, 2.24) is 10.2 Å². The summed E-state index contributed by atoms with van der Waals surface area (Å²) in [5.74, 6) is 3.04. The van der Waals surface area contributed by atoms with Crippen molar-refractivity contribution in [3.8, 4) is 0 Å². The van der Waals surface area contributed by atoms with Crippen molar-refractivity contribution in [3.63, 3.8) is 0 Å². The molecule has 92 valence electrons. The van der Waals surface area contributed by atoms with Crippen molar-refractivity contribution < 1.29 is 4.42 Å². The molecule has 0 saturated heterocycles. The van der Waals surface area contributed by atoms with Crippen LogP contribution in [0.15, 0.2) is 16.5 Å². The van der Waals surface area contributed by atoms with Gasteiger partial charge in [0.25, 0.3) is 0 Å². The van der Waals surface area contributed by atoms with E-state index in [1.807, 2.05) is 0 Å². The highest BCUT2D eigenvalue weighted by Crippen LogP contribution is 2.13. The summed E-state index contributed by atoms with van der Waals surface area (Å²) < 4.78 is 5.67. The fourth-order valence-electron chi connectivity index (χ4n) is 1.32. The van der Waals surface area contributed by atoms with Crippen LogP contribution in [0.1, 0.15) is 18.4 Å². The average Bonchev–Trinajstić information content (AvgIpc) is 2.66. The summed E-state index contributed by atoms with van der Waals surface area (Å²) in [6.07, 6.45) is 2.08. The largest absolute Gasteiger partial charge is 0.464 e. The molecule has 4 heteroatoms. The van der Waals surface area contributed by atoms with Crippen molar-refractivity contribution in [1.29, 1.82) is 0 Å². The highest BCUT2D eigenvalue weighted by atomic mass is 32.2. The zero-order valence-corrected chi connectivity index (χ0v) is 11.4. The highest BCUT2D eigenvalue weighted by Gasteiger charge is 2.05. The fraction of sp³-hybridized carbons (Fsp3) is 0.667. The molecule has 0 radical (unpaired) electrons. The number of nitrogens with one attached hydrogen (secondary N) is 1. The van der Waals surface area contributed by atoms with E-state index < -0.39 is 0 Å². The standard InChI is InChI=1S/C12H22N2OS/c1-10(14(2)3)7-13-8-11-5-6-12(15-11)9-16-4/h5-6,10,13H,7-9H2,1-4H3. The Bertz CT molecular complexity index is 299. The zero-order valence-electron chi connectivity index (χ0n) is 10.6. The Kier molecular flexibility index (Phi) is 5.95. The van der Waals surface area contributed by atoms with Gasteiger partial charge in [-0.3, -0.25) is 0 Å². The summed E-state index contributed by atoms with van der Waals surface area (Å²) in [5, 5.41) is 3.40. The molecule has 0 amide bonds. The lowest BCUT2D eigenvalue weighted by Crippen LogP contribution is -2.35. The van der Waals surface area contributed by atoms with Crippen LogP contribution in [-0.2, 0) is 12.3 Å². The topological polar surface area (TPSA) is 28.4 Å². The lowest BCUT2D eigenvalue weighted by atomic mass is 10.3. The van der Waals surface area contributed by atoms with Gasteiger partial charge in [-0.15, -0.1) is 0 Å². The molecule has 1 N–H and O–H groups in total. The minimum atomic E-state index is 0.542. The number of nitrogens with zero attached hydrogens (tertiary/aromatic N) is 1. The van der Waals surface area contributed by atoms with Crippen molar-refractivity contribution in [2.45, 2.75) is 25.3 Å². The van der Waals surface area contributed by atoms with E-state index in [2.05, 4.69) is 49.6 Å². The van der Waals surface area contributed by atoms with Gasteiger partial charge >= 0.3 is 0 Å².